The number of nitrogens with zero attached hydrogens (tertiary/aromatic N) is 2. The zero-order chi connectivity index (χ0) is 12.3. The van der Waals surface area contributed by atoms with Crippen molar-refractivity contribution in [3.8, 4) is 0 Å². The molecule has 0 spiro atoms. The predicted molar refractivity (Wildman–Crippen MR) is 64.7 cm³/mol. The second kappa shape index (κ2) is 5.46. The first kappa shape index (κ1) is 13.0. The normalized spacial score (nSPS) is 29.1. The highest BCUT2D eigenvalue weighted by atomic mass is 32.2. The molecule has 0 aliphatic carbocycles. The minimum atomic E-state index is -3.32. The van der Waals surface area contributed by atoms with E-state index in [1.165, 1.54) is 4.31 Å². The van der Waals surface area contributed by atoms with Gasteiger partial charge in [-0.2, -0.15) is 17.0 Å². The molecule has 5 nitrogen and oxygen atoms in total. The Morgan fingerprint density at radius 1 is 0.941 bits per heavy atom. The lowest BCUT2D eigenvalue weighted by Crippen LogP contribution is -2.49. The van der Waals surface area contributed by atoms with Crippen molar-refractivity contribution in [1.29, 1.82) is 0 Å². The van der Waals surface area contributed by atoms with Gasteiger partial charge in [-0.05, 0) is 25.7 Å². The molecule has 0 aromatic heterocycles. The third-order valence-corrected chi connectivity index (χ3v) is 5.58. The van der Waals surface area contributed by atoms with Crippen LogP contribution in [0.2, 0.25) is 0 Å². The molecule has 0 bridgehead atoms. The van der Waals surface area contributed by atoms with Gasteiger partial charge in [-0.15, -0.1) is 0 Å². The standard InChI is InChI=1S/C11H20N2O3S/c14-10-11-5-4-8-13(9-11)17(15,16)12-6-2-1-3-7-12/h10-11H,1-9H2. The Balaban J connectivity index is 2.05. The fraction of sp³-hybridized carbons (Fsp3) is 0.909. The van der Waals surface area contributed by atoms with E-state index >= 15 is 0 Å². The van der Waals surface area contributed by atoms with Crippen molar-refractivity contribution in [1.82, 2.24) is 8.61 Å². The Hall–Kier alpha value is -0.460. The van der Waals surface area contributed by atoms with Gasteiger partial charge in [0, 0.05) is 32.1 Å². The fourth-order valence-electron chi connectivity index (χ4n) is 2.55. The second-order valence-electron chi connectivity index (χ2n) is 4.86. The molecule has 0 amide bonds. The largest absolute Gasteiger partial charge is 0.303 e. The second-order valence-corrected chi connectivity index (χ2v) is 6.79. The molecule has 0 N–H and O–H groups in total. The lowest BCUT2D eigenvalue weighted by atomic mass is 10.0. The summed E-state index contributed by atoms with van der Waals surface area (Å²) in [6.07, 6.45) is 5.50. The van der Waals surface area contributed by atoms with Crippen LogP contribution in [0.5, 0.6) is 0 Å². The van der Waals surface area contributed by atoms with E-state index in [1.807, 2.05) is 0 Å². The van der Waals surface area contributed by atoms with E-state index < -0.39 is 10.2 Å². The first-order valence-corrected chi connectivity index (χ1v) is 7.75. The fourth-order valence-corrected chi connectivity index (χ4v) is 4.34. The van der Waals surface area contributed by atoms with E-state index in [0.29, 0.717) is 26.2 Å². The van der Waals surface area contributed by atoms with Gasteiger partial charge < -0.3 is 4.79 Å². The predicted octanol–water partition coefficient (Wildman–Crippen LogP) is 0.628. The van der Waals surface area contributed by atoms with Crippen LogP contribution in [0.25, 0.3) is 0 Å². The zero-order valence-electron chi connectivity index (χ0n) is 10.0. The van der Waals surface area contributed by atoms with Gasteiger partial charge in [0.1, 0.15) is 6.29 Å². The van der Waals surface area contributed by atoms with E-state index in [2.05, 4.69) is 0 Å². The summed E-state index contributed by atoms with van der Waals surface area (Å²) < 4.78 is 27.7. The molecule has 98 valence electrons. The summed E-state index contributed by atoms with van der Waals surface area (Å²) in [5.74, 6) is -0.122. The average molecular weight is 260 g/mol. The Morgan fingerprint density at radius 3 is 2.24 bits per heavy atom. The Kier molecular flexibility index (Phi) is 4.17. The summed E-state index contributed by atoms with van der Waals surface area (Å²) in [4.78, 5) is 10.8. The molecule has 0 aromatic carbocycles. The van der Waals surface area contributed by atoms with Crippen molar-refractivity contribution in [3.63, 3.8) is 0 Å². The SMILES string of the molecule is O=CC1CCCN(S(=O)(=O)N2CCCCC2)C1. The highest BCUT2D eigenvalue weighted by Crippen LogP contribution is 2.22. The smallest absolute Gasteiger partial charge is 0.281 e. The summed E-state index contributed by atoms with van der Waals surface area (Å²) in [6, 6.07) is 0. The summed E-state index contributed by atoms with van der Waals surface area (Å²) in [5, 5.41) is 0. The maximum Gasteiger partial charge on any atom is 0.281 e. The molecule has 1 atom stereocenters. The van der Waals surface area contributed by atoms with Crippen molar-refractivity contribution in [2.24, 2.45) is 5.92 Å². The van der Waals surface area contributed by atoms with Gasteiger partial charge in [0.15, 0.2) is 0 Å². The molecule has 17 heavy (non-hydrogen) atoms. The maximum atomic E-state index is 12.3. The molecular formula is C11H20N2O3S. The summed E-state index contributed by atoms with van der Waals surface area (Å²) in [6.45, 7) is 2.18. The summed E-state index contributed by atoms with van der Waals surface area (Å²) >= 11 is 0. The van der Waals surface area contributed by atoms with Crippen molar-refractivity contribution >= 4 is 16.5 Å². The molecular weight excluding hydrogens is 240 g/mol. The highest BCUT2D eigenvalue weighted by molar-refractivity contribution is 7.86. The van der Waals surface area contributed by atoms with Gasteiger partial charge in [0.2, 0.25) is 0 Å². The Labute approximate surface area is 103 Å². The molecule has 0 saturated carbocycles. The molecule has 2 aliphatic heterocycles. The quantitative estimate of drug-likeness (QED) is 0.699. The minimum Gasteiger partial charge on any atom is -0.303 e. The van der Waals surface area contributed by atoms with Crippen LogP contribution < -0.4 is 0 Å². The third-order valence-electron chi connectivity index (χ3n) is 3.58. The van der Waals surface area contributed by atoms with Crippen LogP contribution >= 0.6 is 0 Å². The minimum absolute atomic E-state index is 0.122. The Bertz CT molecular complexity index is 363. The number of piperidine rings is 2. The van der Waals surface area contributed by atoms with E-state index in [-0.39, 0.29) is 5.92 Å². The summed E-state index contributed by atoms with van der Waals surface area (Å²) in [5.41, 5.74) is 0. The number of rotatable bonds is 3. The monoisotopic (exact) mass is 260 g/mol. The van der Waals surface area contributed by atoms with Gasteiger partial charge >= 0.3 is 0 Å². The molecule has 2 heterocycles. The number of hydrogen-bond donors (Lipinski definition) is 0. The van der Waals surface area contributed by atoms with E-state index in [1.54, 1.807) is 4.31 Å². The van der Waals surface area contributed by atoms with Crippen molar-refractivity contribution in [2.45, 2.75) is 32.1 Å². The van der Waals surface area contributed by atoms with Gasteiger partial charge in [-0.1, -0.05) is 6.42 Å². The van der Waals surface area contributed by atoms with Crippen molar-refractivity contribution < 1.29 is 13.2 Å². The van der Waals surface area contributed by atoms with Crippen LogP contribution in [-0.2, 0) is 15.0 Å². The van der Waals surface area contributed by atoms with E-state index in [4.69, 9.17) is 0 Å². The molecule has 0 aromatic rings. The van der Waals surface area contributed by atoms with Crippen LogP contribution in [0.4, 0.5) is 0 Å². The van der Waals surface area contributed by atoms with Crippen LogP contribution in [0.1, 0.15) is 32.1 Å². The first-order chi connectivity index (χ1) is 8.14. The highest BCUT2D eigenvalue weighted by Gasteiger charge is 2.33. The molecule has 2 saturated heterocycles. The average Bonchev–Trinajstić information content (AvgIpc) is 2.40. The molecule has 2 aliphatic rings. The maximum absolute atomic E-state index is 12.3. The number of carbonyl (C=O) groups is 1. The van der Waals surface area contributed by atoms with E-state index in [0.717, 1.165) is 38.4 Å². The topological polar surface area (TPSA) is 57.7 Å². The van der Waals surface area contributed by atoms with Gasteiger partial charge in [0.25, 0.3) is 10.2 Å². The molecule has 6 heteroatoms. The lowest BCUT2D eigenvalue weighted by molar-refractivity contribution is -0.112. The molecule has 2 fully saturated rings. The molecule has 1 unspecified atom stereocenters. The number of hydrogen-bond acceptors (Lipinski definition) is 3. The van der Waals surface area contributed by atoms with Crippen LogP contribution in [-0.4, -0.2) is 49.5 Å². The van der Waals surface area contributed by atoms with Gasteiger partial charge in [-0.25, -0.2) is 0 Å². The van der Waals surface area contributed by atoms with Crippen LogP contribution in [0, 0.1) is 5.92 Å². The Morgan fingerprint density at radius 2 is 1.59 bits per heavy atom. The number of carbonyl (C=O) groups excluding carboxylic acids is 1. The van der Waals surface area contributed by atoms with Gasteiger partial charge in [-0.3, -0.25) is 0 Å². The van der Waals surface area contributed by atoms with Crippen molar-refractivity contribution in [2.75, 3.05) is 26.2 Å². The lowest BCUT2D eigenvalue weighted by Gasteiger charge is -2.35. The third kappa shape index (κ3) is 2.86. The molecule has 0 radical (unpaired) electrons. The van der Waals surface area contributed by atoms with Crippen molar-refractivity contribution in [3.05, 3.63) is 0 Å². The van der Waals surface area contributed by atoms with Gasteiger partial charge in [0.05, 0.1) is 0 Å². The van der Waals surface area contributed by atoms with Crippen LogP contribution in [0.15, 0.2) is 0 Å². The summed E-state index contributed by atoms with van der Waals surface area (Å²) in [7, 11) is -3.32. The van der Waals surface area contributed by atoms with E-state index in [9.17, 15) is 13.2 Å². The van der Waals surface area contributed by atoms with Crippen LogP contribution in [0.3, 0.4) is 0 Å². The molecule has 2 rings (SSSR count). The first-order valence-electron chi connectivity index (χ1n) is 6.35. The number of aldehydes is 1. The zero-order valence-corrected chi connectivity index (χ0v) is 10.9.